The topological polar surface area (TPSA) is 17.1 Å². The molecule has 0 saturated heterocycles. The molecule has 1 saturated carbocycles. The lowest BCUT2D eigenvalue weighted by Gasteiger charge is -2.10. The van der Waals surface area contributed by atoms with Crippen LogP contribution < -0.4 is 0 Å². The van der Waals surface area contributed by atoms with Gasteiger partial charge < -0.3 is 0 Å². The van der Waals surface area contributed by atoms with Crippen LogP contribution >= 0.6 is 11.8 Å². The van der Waals surface area contributed by atoms with Crippen molar-refractivity contribution in [3.63, 3.8) is 0 Å². The molecule has 0 aromatic heterocycles. The molecule has 1 aliphatic rings. The summed E-state index contributed by atoms with van der Waals surface area (Å²) in [5.74, 6) is 0.818. The highest BCUT2D eigenvalue weighted by atomic mass is 32.2. The van der Waals surface area contributed by atoms with Gasteiger partial charge in [0.1, 0.15) is 0 Å². The van der Waals surface area contributed by atoms with E-state index in [0.29, 0.717) is 0 Å². The fraction of sp³-hybridized carbons (Fsp3) is 0.471. The lowest BCUT2D eigenvalue weighted by atomic mass is 10.1. The summed E-state index contributed by atoms with van der Waals surface area (Å²) in [6, 6.07) is 5.21. The lowest BCUT2D eigenvalue weighted by Crippen LogP contribution is -2.04. The summed E-state index contributed by atoms with van der Waals surface area (Å²) >= 11 is 1.53. The van der Waals surface area contributed by atoms with E-state index in [-0.39, 0.29) is 11.2 Å². The first-order valence-electron chi connectivity index (χ1n) is 7.31. The molecule has 22 heavy (non-hydrogen) atoms. The van der Waals surface area contributed by atoms with E-state index in [0.717, 1.165) is 35.6 Å². The van der Waals surface area contributed by atoms with Gasteiger partial charge in [-0.15, -0.1) is 11.8 Å². The Morgan fingerprint density at radius 1 is 1.23 bits per heavy atom. The summed E-state index contributed by atoms with van der Waals surface area (Å²) in [5, 5.41) is 0. The molecule has 5 heteroatoms. The lowest BCUT2D eigenvalue weighted by molar-refractivity contribution is -0.137. The van der Waals surface area contributed by atoms with Gasteiger partial charge >= 0.3 is 6.18 Å². The number of alkyl halides is 3. The maximum absolute atomic E-state index is 12.4. The molecule has 0 unspecified atom stereocenters. The van der Waals surface area contributed by atoms with Gasteiger partial charge in [-0.05, 0) is 55.5 Å². The number of allylic oxidation sites excluding steroid dienone is 2. The smallest absolute Gasteiger partial charge is 0.295 e. The number of ketones is 1. The fourth-order valence-corrected chi connectivity index (χ4v) is 2.95. The Hall–Kier alpha value is -1.23. The van der Waals surface area contributed by atoms with E-state index in [1.54, 1.807) is 6.08 Å². The molecule has 1 fully saturated rings. The van der Waals surface area contributed by atoms with E-state index in [4.69, 9.17) is 0 Å². The maximum Gasteiger partial charge on any atom is 0.416 e. The minimum absolute atomic E-state index is 0.0239. The SMILES string of the molecule is CC.CC(=O)/C=C/C1(CSc2ccc(C(F)(F)F)cc2)CC1. The fourth-order valence-electron chi connectivity index (χ4n) is 1.78. The van der Waals surface area contributed by atoms with Crippen LogP contribution in [0.25, 0.3) is 0 Å². The van der Waals surface area contributed by atoms with Crippen LogP contribution in [0.4, 0.5) is 13.2 Å². The number of rotatable bonds is 5. The standard InChI is InChI=1S/C15H15F3OS.C2H6/c1-11(19)6-7-14(8-9-14)10-20-13-4-2-12(3-5-13)15(16,17)18;1-2/h2-7H,8-10H2,1H3;1-2H3/b7-6+;. The third kappa shape index (κ3) is 5.87. The number of carbonyl (C=O) groups excluding carboxylic acids is 1. The number of hydrogen-bond donors (Lipinski definition) is 0. The van der Waals surface area contributed by atoms with Crippen LogP contribution in [0.1, 0.15) is 39.2 Å². The average molecular weight is 330 g/mol. The minimum Gasteiger partial charge on any atom is -0.295 e. The highest BCUT2D eigenvalue weighted by molar-refractivity contribution is 7.99. The van der Waals surface area contributed by atoms with Crippen molar-refractivity contribution in [3.05, 3.63) is 42.0 Å². The quantitative estimate of drug-likeness (QED) is 0.505. The average Bonchev–Trinajstić information content (AvgIpc) is 3.25. The summed E-state index contributed by atoms with van der Waals surface area (Å²) < 4.78 is 37.3. The van der Waals surface area contributed by atoms with Crippen LogP contribution in [0.15, 0.2) is 41.3 Å². The third-order valence-corrected chi connectivity index (χ3v) is 4.60. The molecule has 122 valence electrons. The van der Waals surface area contributed by atoms with Gasteiger partial charge in [0.2, 0.25) is 0 Å². The molecule has 2 rings (SSSR count). The van der Waals surface area contributed by atoms with Crippen molar-refractivity contribution in [1.82, 2.24) is 0 Å². The van der Waals surface area contributed by atoms with Crippen LogP contribution in [0.3, 0.4) is 0 Å². The zero-order chi connectivity index (χ0) is 16.8. The van der Waals surface area contributed by atoms with Gasteiger partial charge in [0.05, 0.1) is 5.56 Å². The molecular weight excluding hydrogens is 309 g/mol. The predicted molar refractivity (Wildman–Crippen MR) is 85.0 cm³/mol. The second-order valence-electron chi connectivity index (χ2n) is 5.12. The van der Waals surface area contributed by atoms with Gasteiger partial charge in [0.15, 0.2) is 5.78 Å². The molecule has 1 aromatic carbocycles. The zero-order valence-electron chi connectivity index (χ0n) is 13.0. The molecule has 0 bridgehead atoms. The van der Waals surface area contributed by atoms with Crippen LogP contribution in [-0.4, -0.2) is 11.5 Å². The van der Waals surface area contributed by atoms with Gasteiger partial charge in [-0.25, -0.2) is 0 Å². The van der Waals surface area contributed by atoms with Crippen LogP contribution in [0.5, 0.6) is 0 Å². The van der Waals surface area contributed by atoms with E-state index >= 15 is 0 Å². The van der Waals surface area contributed by atoms with E-state index in [2.05, 4.69) is 0 Å². The van der Waals surface area contributed by atoms with Crippen molar-refractivity contribution >= 4 is 17.5 Å². The third-order valence-electron chi connectivity index (χ3n) is 3.27. The number of carbonyl (C=O) groups is 1. The molecule has 0 aliphatic heterocycles. The molecule has 1 aliphatic carbocycles. The number of halogens is 3. The summed E-state index contributed by atoms with van der Waals surface area (Å²) in [6.45, 7) is 5.51. The molecule has 0 N–H and O–H groups in total. The molecule has 0 spiro atoms. The first-order chi connectivity index (χ1) is 10.3. The minimum atomic E-state index is -4.29. The second-order valence-corrected chi connectivity index (χ2v) is 6.17. The van der Waals surface area contributed by atoms with E-state index in [9.17, 15) is 18.0 Å². The molecule has 0 radical (unpaired) electrons. The second kappa shape index (κ2) is 7.86. The van der Waals surface area contributed by atoms with E-state index in [1.165, 1.54) is 30.8 Å². The van der Waals surface area contributed by atoms with Crippen molar-refractivity contribution in [3.8, 4) is 0 Å². The summed E-state index contributed by atoms with van der Waals surface area (Å²) in [5.41, 5.74) is -0.571. The molecule has 0 atom stereocenters. The van der Waals surface area contributed by atoms with Gasteiger partial charge in [-0.1, -0.05) is 19.9 Å². The van der Waals surface area contributed by atoms with Gasteiger partial charge in [-0.2, -0.15) is 13.2 Å². The predicted octanol–water partition coefficient (Wildman–Crippen LogP) is 5.75. The first kappa shape index (κ1) is 18.8. The van der Waals surface area contributed by atoms with Crippen molar-refractivity contribution in [1.29, 1.82) is 0 Å². The summed E-state index contributed by atoms with van der Waals surface area (Å²) in [7, 11) is 0. The van der Waals surface area contributed by atoms with Crippen LogP contribution in [0, 0.1) is 5.41 Å². The molecule has 0 heterocycles. The molecule has 1 nitrogen and oxygen atoms in total. The monoisotopic (exact) mass is 330 g/mol. The first-order valence-corrected chi connectivity index (χ1v) is 8.29. The van der Waals surface area contributed by atoms with Crippen LogP contribution in [0.2, 0.25) is 0 Å². The normalized spacial score (nSPS) is 16.1. The van der Waals surface area contributed by atoms with Crippen molar-refractivity contribution in [2.75, 3.05) is 5.75 Å². The van der Waals surface area contributed by atoms with E-state index < -0.39 is 11.7 Å². The largest absolute Gasteiger partial charge is 0.416 e. The summed E-state index contributed by atoms with van der Waals surface area (Å²) in [6.07, 6.45) is 1.30. The van der Waals surface area contributed by atoms with Crippen LogP contribution in [-0.2, 0) is 11.0 Å². The Morgan fingerprint density at radius 2 is 1.77 bits per heavy atom. The van der Waals surface area contributed by atoms with Crippen molar-refractivity contribution < 1.29 is 18.0 Å². The van der Waals surface area contributed by atoms with Crippen molar-refractivity contribution in [2.45, 2.75) is 44.7 Å². The maximum atomic E-state index is 12.4. The molecule has 0 amide bonds. The number of thioether (sulfide) groups is 1. The van der Waals surface area contributed by atoms with Gasteiger partial charge in [0.25, 0.3) is 0 Å². The van der Waals surface area contributed by atoms with Gasteiger partial charge in [0, 0.05) is 10.6 Å². The van der Waals surface area contributed by atoms with E-state index in [1.807, 2.05) is 19.9 Å². The Bertz CT molecular complexity index is 514. The Kier molecular flexibility index (Phi) is 6.72. The summed E-state index contributed by atoms with van der Waals surface area (Å²) in [4.78, 5) is 11.7. The number of benzene rings is 1. The molecular formula is C17H21F3OS. The van der Waals surface area contributed by atoms with Gasteiger partial charge in [-0.3, -0.25) is 4.79 Å². The highest BCUT2D eigenvalue weighted by Crippen LogP contribution is 2.50. The Balaban J connectivity index is 0.00000116. The van der Waals surface area contributed by atoms with Crippen molar-refractivity contribution in [2.24, 2.45) is 5.41 Å². The number of hydrogen-bond acceptors (Lipinski definition) is 2. The highest BCUT2D eigenvalue weighted by Gasteiger charge is 2.40. The zero-order valence-corrected chi connectivity index (χ0v) is 13.9. The Labute approximate surface area is 134 Å². The molecule has 1 aromatic rings. The Morgan fingerprint density at radius 3 is 2.18 bits per heavy atom.